The lowest BCUT2D eigenvalue weighted by molar-refractivity contribution is -0.152. The number of anilines is 2. The van der Waals surface area contributed by atoms with E-state index in [0.717, 1.165) is 17.9 Å². The molecule has 7 rings (SSSR count). The van der Waals surface area contributed by atoms with E-state index in [1.807, 2.05) is 0 Å². The van der Waals surface area contributed by atoms with Crippen LogP contribution >= 0.6 is 47.9 Å². The Hall–Kier alpha value is -3.33. The molecule has 3 aliphatic heterocycles. The number of imidazole rings is 1. The number of fused-ring (bicyclic) bond motifs is 5. The normalized spacial score (nSPS) is 31.0. The molecule has 29 heteroatoms. The molecular weight excluding hydrogens is 924 g/mol. The van der Waals surface area contributed by atoms with Crippen LogP contribution in [-0.4, -0.2) is 126 Å². The van der Waals surface area contributed by atoms with E-state index < -0.39 is 116 Å². The van der Waals surface area contributed by atoms with Crippen LogP contribution in [0, 0.1) is 0 Å². The summed E-state index contributed by atoms with van der Waals surface area (Å²) in [5.41, 5.74) is 9.58. The molecule has 23 nitrogen and oxygen atoms in total. The topological polar surface area (TPSA) is 306 Å². The van der Waals surface area contributed by atoms with Gasteiger partial charge in [0.25, 0.3) is 5.56 Å². The summed E-state index contributed by atoms with van der Waals surface area (Å²) in [5.74, 6) is -2.90. The van der Waals surface area contributed by atoms with Crippen LogP contribution < -0.4 is 17.0 Å². The molecule has 0 aliphatic carbocycles. The largest absolute Gasteiger partial charge is 0.459 e. The van der Waals surface area contributed by atoms with Crippen LogP contribution in [0.3, 0.4) is 0 Å². The van der Waals surface area contributed by atoms with Crippen molar-refractivity contribution in [3.05, 3.63) is 27.9 Å². The summed E-state index contributed by atoms with van der Waals surface area (Å²) in [6.45, 7) is -0.824. The van der Waals surface area contributed by atoms with E-state index in [1.165, 1.54) is 18.0 Å². The van der Waals surface area contributed by atoms with Crippen molar-refractivity contribution in [1.29, 1.82) is 0 Å². The monoisotopic (exact) mass is 967 g/mol. The Morgan fingerprint density at radius 3 is 2.15 bits per heavy atom. The zero-order valence-electron chi connectivity index (χ0n) is 34.2. The van der Waals surface area contributed by atoms with Gasteiger partial charge in [0, 0.05) is 7.11 Å². The molecule has 0 aromatic carbocycles. The van der Waals surface area contributed by atoms with Gasteiger partial charge in [-0.05, 0) is 75.8 Å². The highest BCUT2D eigenvalue weighted by molar-refractivity contribution is 8.55. The third-order valence-corrected chi connectivity index (χ3v) is 17.0. The Bertz CT molecular complexity index is 2480. The van der Waals surface area contributed by atoms with E-state index >= 15 is 8.96 Å². The average Bonchev–Trinajstić information content (AvgIpc) is 3.94. The van der Waals surface area contributed by atoms with Crippen LogP contribution in [0.25, 0.3) is 22.2 Å². The van der Waals surface area contributed by atoms with E-state index in [0.29, 0.717) is 22.8 Å². The van der Waals surface area contributed by atoms with Crippen molar-refractivity contribution in [3.63, 3.8) is 0 Å². The fraction of sp³-hybridized carbons (Fsp3) is 0.636. The molecule has 3 saturated heterocycles. The smallest absolute Gasteiger partial charge is 0.390 e. The molecule has 0 amide bonds. The summed E-state index contributed by atoms with van der Waals surface area (Å²) in [6.07, 6.45) is -9.87. The number of hydrogen-bond acceptors (Lipinski definition) is 24. The number of esters is 2. The first kappa shape index (κ1) is 46.7. The highest BCUT2D eigenvalue weighted by Gasteiger charge is 2.56. The van der Waals surface area contributed by atoms with Gasteiger partial charge in [-0.15, -0.1) is 0 Å². The van der Waals surface area contributed by atoms with Gasteiger partial charge in [-0.25, -0.2) is 33.5 Å². The van der Waals surface area contributed by atoms with Gasteiger partial charge in [0.1, 0.15) is 76.7 Å². The van der Waals surface area contributed by atoms with Crippen molar-refractivity contribution in [2.45, 2.75) is 102 Å². The van der Waals surface area contributed by atoms with Gasteiger partial charge < -0.3 is 35.2 Å². The van der Waals surface area contributed by atoms with E-state index in [1.54, 1.807) is 41.5 Å². The van der Waals surface area contributed by atoms with Crippen LogP contribution in [0.2, 0.25) is 0 Å². The Morgan fingerprint density at radius 1 is 0.919 bits per heavy atom. The lowest BCUT2D eigenvalue weighted by Gasteiger charge is -2.28. The van der Waals surface area contributed by atoms with Gasteiger partial charge in [-0.3, -0.25) is 42.0 Å². The molecule has 2 bridgehead atoms. The van der Waals surface area contributed by atoms with Gasteiger partial charge in [0.2, 0.25) is 5.95 Å². The lowest BCUT2D eigenvalue weighted by atomic mass is 10.1. The number of carbonyl (C=O) groups excluding carboxylic acids is 2. The van der Waals surface area contributed by atoms with E-state index in [4.69, 9.17) is 53.2 Å². The summed E-state index contributed by atoms with van der Waals surface area (Å²) < 4.78 is 106. The Labute approximate surface area is 364 Å². The number of halogens is 1. The zero-order chi connectivity index (χ0) is 44.9. The van der Waals surface area contributed by atoms with Gasteiger partial charge in [0.15, 0.2) is 29.4 Å². The van der Waals surface area contributed by atoms with Gasteiger partial charge >= 0.3 is 25.5 Å². The summed E-state index contributed by atoms with van der Waals surface area (Å²) in [7, 11) is 1.29. The fourth-order valence-corrected chi connectivity index (χ4v) is 13.6. The number of H-pyrrole nitrogens is 1. The molecule has 4 aromatic rings. The van der Waals surface area contributed by atoms with E-state index in [2.05, 4.69) is 29.3 Å². The molecule has 7 heterocycles. The molecule has 10 atom stereocenters. The lowest BCUT2D eigenvalue weighted by Crippen LogP contribution is -2.36. The summed E-state index contributed by atoms with van der Waals surface area (Å²) in [6, 6.07) is 0. The van der Waals surface area contributed by atoms with Crippen LogP contribution in [0.4, 0.5) is 16.2 Å². The molecule has 2 unspecified atom stereocenters. The molecule has 0 radical (unpaired) electrons. The number of aromatic nitrogens is 7. The predicted octanol–water partition coefficient (Wildman–Crippen LogP) is 4.26. The minimum absolute atomic E-state index is 0.00253. The summed E-state index contributed by atoms with van der Waals surface area (Å²) in [4.78, 5) is 57.8. The van der Waals surface area contributed by atoms with Crippen LogP contribution in [-0.2, 0) is 60.5 Å². The minimum atomic E-state index is -4.67. The molecule has 4 aromatic heterocycles. The van der Waals surface area contributed by atoms with Crippen molar-refractivity contribution >= 4 is 93.8 Å². The van der Waals surface area contributed by atoms with E-state index in [-0.39, 0.29) is 38.8 Å². The van der Waals surface area contributed by atoms with Crippen LogP contribution in [0.15, 0.2) is 17.4 Å². The number of rotatable bonds is 9. The fourth-order valence-electron chi connectivity index (χ4n) is 6.60. The average molecular weight is 968 g/mol. The highest BCUT2D eigenvalue weighted by atomic mass is 32.7. The number of nitrogen functional groups attached to an aromatic ring is 2. The molecule has 340 valence electrons. The predicted molar refractivity (Wildman–Crippen MR) is 223 cm³/mol. The Morgan fingerprint density at radius 2 is 1.53 bits per heavy atom. The number of alkyl halides is 1. The quantitative estimate of drug-likeness (QED) is 0.156. The van der Waals surface area contributed by atoms with Crippen LogP contribution in [0.1, 0.15) is 58.8 Å². The van der Waals surface area contributed by atoms with Gasteiger partial charge in [-0.2, -0.15) is 4.37 Å². The van der Waals surface area contributed by atoms with Crippen molar-refractivity contribution < 1.29 is 64.9 Å². The molecular formula is C33H44FN9O14P2S3. The molecule has 62 heavy (non-hydrogen) atoms. The number of nitrogens with two attached hydrogens (primary N) is 2. The first-order valence-corrected chi connectivity index (χ1v) is 25.7. The highest BCUT2D eigenvalue weighted by Crippen LogP contribution is 2.66. The second kappa shape index (κ2) is 17.9. The van der Waals surface area contributed by atoms with Crippen molar-refractivity contribution in [2.75, 3.05) is 43.3 Å². The maximum atomic E-state index is 17.0. The van der Waals surface area contributed by atoms with E-state index in [9.17, 15) is 18.9 Å². The molecule has 0 saturated carbocycles. The third-order valence-electron chi connectivity index (χ3n) is 8.97. The molecule has 5 N–H and O–H groups in total. The molecule has 0 spiro atoms. The Kier molecular flexibility index (Phi) is 13.5. The SMILES string of the molecule is CO[C@H]1[C@H]2OP(=O)(SCC(=O)OC(C)(C)C)OC[C@H]3O[C@@H](n4cnc5c(N)ncnc54)[C@H](F)[C@@H]3OP(=O)(SCC(=O)OC(C)(C)C)OC[C@H]1O[C@H]2c1snc2c(=O)[nH]c(N)nc12. The second-order valence-electron chi connectivity index (χ2n) is 15.9. The first-order valence-electron chi connectivity index (χ1n) is 18.7. The number of hydrogen-bond donors (Lipinski definition) is 3. The zero-order valence-corrected chi connectivity index (χ0v) is 38.4. The second-order valence-corrected chi connectivity index (χ2v) is 24.8. The van der Waals surface area contributed by atoms with Crippen molar-refractivity contribution in [1.82, 2.24) is 33.9 Å². The number of nitrogens with one attached hydrogen (secondary N) is 1. The number of aromatic amines is 1. The van der Waals surface area contributed by atoms with Crippen LogP contribution in [0.5, 0.6) is 0 Å². The van der Waals surface area contributed by atoms with Gasteiger partial charge in [-0.1, -0.05) is 0 Å². The number of carbonyl (C=O) groups is 2. The third kappa shape index (κ3) is 10.3. The molecule has 3 aliphatic rings. The van der Waals surface area contributed by atoms with Gasteiger partial charge in [0.05, 0.1) is 24.4 Å². The number of methoxy groups -OCH3 is 1. The Balaban J connectivity index is 1.30. The first-order chi connectivity index (χ1) is 29.1. The number of ether oxygens (including phenoxy) is 5. The van der Waals surface area contributed by atoms with Crippen molar-refractivity contribution in [3.8, 4) is 0 Å². The standard InChI is InChI=1S/C33H44FN9O14P2S3/c1-32(2,3)54-16(44)10-60-58(47)51-9-15-23(49-7)24(25(52-15)26-19-20(42-62-26)29(46)41-31(36)40-19)57-59(48,61-11-17(45)55-33(4,5)6)50-8-14-22(56-58)18(34)30(53-14)43-13-39-21-27(35)37-12-38-28(21)43/h12-15,18,22-25,30H,8-11H2,1-7H3,(H2,35,37,38)(H3,36,40,41,46)/t14-,15-,18-,22-,23-,24-,25-,30-,58?,59?/m1/s1. The van der Waals surface area contributed by atoms with Crippen molar-refractivity contribution in [2.24, 2.45) is 0 Å². The summed E-state index contributed by atoms with van der Waals surface area (Å²) >= 11 is 1.69. The minimum Gasteiger partial charge on any atom is -0.459 e. The maximum absolute atomic E-state index is 17.0. The maximum Gasteiger partial charge on any atom is 0.390 e. The number of nitrogens with zero attached hydrogens (tertiary/aromatic N) is 6. The molecule has 3 fully saturated rings. The summed E-state index contributed by atoms with van der Waals surface area (Å²) in [5, 5.41) is 0.